The molecule has 0 unspecified atom stereocenters. The normalized spacial score (nSPS) is 6.57. The molecule has 0 rings (SSSR count). The third-order valence-corrected chi connectivity index (χ3v) is 0.795. The zero-order valence-electron chi connectivity index (χ0n) is 3.90. The number of hydrogen-bond acceptors (Lipinski definition) is 2. The third-order valence-electron chi connectivity index (χ3n) is 0.337. The minimum atomic E-state index is -0.241. The van der Waals surface area contributed by atoms with E-state index < -0.39 is 0 Å². The molecule has 0 aliphatic rings. The van der Waals surface area contributed by atoms with Crippen LogP contribution in [0.4, 0.5) is 0 Å². The number of alkyl halides is 1. The van der Waals surface area contributed by atoms with Gasteiger partial charge in [-0.05, 0) is 0 Å². The first kappa shape index (κ1) is 10.8. The van der Waals surface area contributed by atoms with Crippen LogP contribution in [0.3, 0.4) is 0 Å². The summed E-state index contributed by atoms with van der Waals surface area (Å²) in [6.07, 6.45) is 0. The predicted octanol–water partition coefficient (Wildman–Crippen LogP) is 0.173. The van der Waals surface area contributed by atoms with Crippen LogP contribution in [-0.2, 0) is 9.53 Å². The number of methoxy groups -OCH3 is 1. The Labute approximate surface area is 70.9 Å². The maximum Gasteiger partial charge on any atom is 0.316 e. The maximum atomic E-state index is 9.91. The smallest absolute Gasteiger partial charge is 0.316 e. The Morgan fingerprint density at radius 3 is 2.29 bits per heavy atom. The summed E-state index contributed by atoms with van der Waals surface area (Å²) in [4.78, 5) is 9.91. The number of carbonyl (C=O) groups is 1. The van der Waals surface area contributed by atoms with Gasteiger partial charge in [0.25, 0.3) is 0 Å². The Balaban J connectivity index is 0. The SMILES string of the molecule is COC(=O)CBr.[Pb]. The van der Waals surface area contributed by atoms with Gasteiger partial charge in [0.15, 0.2) is 0 Å². The van der Waals surface area contributed by atoms with Gasteiger partial charge in [-0.15, -0.1) is 0 Å². The van der Waals surface area contributed by atoms with Crippen LogP contribution in [0.25, 0.3) is 0 Å². The van der Waals surface area contributed by atoms with Crippen molar-refractivity contribution in [3.05, 3.63) is 0 Å². The van der Waals surface area contributed by atoms with Crippen LogP contribution in [0.2, 0.25) is 0 Å². The van der Waals surface area contributed by atoms with E-state index in [1.165, 1.54) is 7.11 Å². The Kier molecular flexibility index (Phi) is 10.6. The summed E-state index contributed by atoms with van der Waals surface area (Å²) >= 11 is 2.90. The summed E-state index contributed by atoms with van der Waals surface area (Å²) in [5.74, 6) is -0.241. The molecular weight excluding hydrogens is 355 g/mol. The molecule has 0 N–H and O–H groups in total. The van der Waals surface area contributed by atoms with Gasteiger partial charge in [0.1, 0.15) is 5.33 Å². The van der Waals surface area contributed by atoms with Gasteiger partial charge in [0, 0.05) is 27.3 Å². The maximum absolute atomic E-state index is 9.91. The molecule has 0 saturated heterocycles. The number of hydrogen-bond donors (Lipinski definition) is 0. The van der Waals surface area contributed by atoms with E-state index in [1.807, 2.05) is 0 Å². The van der Waals surface area contributed by atoms with Crippen LogP contribution < -0.4 is 0 Å². The minimum absolute atomic E-state index is 0. The van der Waals surface area contributed by atoms with Crippen molar-refractivity contribution in [2.75, 3.05) is 12.4 Å². The second kappa shape index (κ2) is 6.87. The first-order chi connectivity index (χ1) is 2.81. The zero-order valence-corrected chi connectivity index (χ0v) is 9.38. The Morgan fingerprint density at radius 2 is 2.29 bits per heavy atom. The molecule has 4 radical (unpaired) electrons. The minimum Gasteiger partial charge on any atom is -0.468 e. The molecule has 7 heavy (non-hydrogen) atoms. The zero-order chi connectivity index (χ0) is 4.99. The molecule has 0 aliphatic carbocycles. The van der Waals surface area contributed by atoms with Crippen molar-refractivity contribution in [3.63, 3.8) is 0 Å². The van der Waals surface area contributed by atoms with Crippen molar-refractivity contribution in [1.82, 2.24) is 0 Å². The van der Waals surface area contributed by atoms with Gasteiger partial charge in [0.05, 0.1) is 7.11 Å². The van der Waals surface area contributed by atoms with E-state index in [-0.39, 0.29) is 38.6 Å². The van der Waals surface area contributed by atoms with Gasteiger partial charge in [-0.2, -0.15) is 0 Å². The Hall–Kier alpha value is 0.872. The van der Waals surface area contributed by atoms with Crippen molar-refractivity contribution in [2.24, 2.45) is 0 Å². The average Bonchev–Trinajstić information content (AvgIpc) is 1.65. The molecule has 0 spiro atoms. The predicted molar refractivity (Wildman–Crippen MR) is 31.6 cm³/mol. The van der Waals surface area contributed by atoms with Gasteiger partial charge < -0.3 is 4.74 Å². The van der Waals surface area contributed by atoms with Gasteiger partial charge in [-0.3, -0.25) is 4.79 Å². The average molecular weight is 360 g/mol. The summed E-state index contributed by atoms with van der Waals surface area (Å²) in [5, 5.41) is 0.281. The van der Waals surface area contributed by atoms with Crippen LogP contribution in [0, 0.1) is 0 Å². The molecule has 4 heteroatoms. The Morgan fingerprint density at radius 1 is 1.86 bits per heavy atom. The standard InChI is InChI=1S/C3H5BrO2.Pb/c1-6-3(5)2-4;/h2H2,1H3;. The quantitative estimate of drug-likeness (QED) is 0.379. The van der Waals surface area contributed by atoms with Crippen LogP contribution in [-0.4, -0.2) is 45.7 Å². The van der Waals surface area contributed by atoms with E-state index in [9.17, 15) is 4.79 Å². The summed E-state index contributed by atoms with van der Waals surface area (Å²) in [6, 6.07) is 0. The first-order valence-corrected chi connectivity index (χ1v) is 2.56. The number of esters is 1. The van der Waals surface area contributed by atoms with E-state index >= 15 is 0 Å². The van der Waals surface area contributed by atoms with Crippen molar-refractivity contribution in [3.8, 4) is 0 Å². The molecule has 2 nitrogen and oxygen atoms in total. The number of carbonyl (C=O) groups excluding carboxylic acids is 1. The molecule has 0 aliphatic heterocycles. The molecule has 0 aromatic rings. The second-order valence-electron chi connectivity index (χ2n) is 0.710. The molecule has 0 bridgehead atoms. The van der Waals surface area contributed by atoms with E-state index in [1.54, 1.807) is 0 Å². The monoisotopic (exact) mass is 360 g/mol. The number of ether oxygens (including phenoxy) is 1. The summed E-state index contributed by atoms with van der Waals surface area (Å²) < 4.78 is 4.21. The van der Waals surface area contributed by atoms with Crippen LogP contribution in [0.15, 0.2) is 0 Å². The van der Waals surface area contributed by atoms with Gasteiger partial charge >= 0.3 is 5.97 Å². The van der Waals surface area contributed by atoms with Crippen molar-refractivity contribution < 1.29 is 9.53 Å². The molecule has 0 amide bonds. The third kappa shape index (κ3) is 6.87. The summed E-state index contributed by atoms with van der Waals surface area (Å²) in [7, 11) is 1.35. The van der Waals surface area contributed by atoms with Gasteiger partial charge in [0.2, 0.25) is 0 Å². The Bertz CT molecular complexity index is 50.9. The summed E-state index contributed by atoms with van der Waals surface area (Å²) in [5.41, 5.74) is 0. The van der Waals surface area contributed by atoms with Gasteiger partial charge in [-0.25, -0.2) is 0 Å². The summed E-state index contributed by atoms with van der Waals surface area (Å²) in [6.45, 7) is 0. The van der Waals surface area contributed by atoms with E-state index in [0.29, 0.717) is 0 Å². The fourth-order valence-corrected chi connectivity index (χ4v) is 0.283. The number of rotatable bonds is 1. The van der Waals surface area contributed by atoms with Crippen molar-refractivity contribution in [2.45, 2.75) is 0 Å². The molecule has 0 saturated carbocycles. The van der Waals surface area contributed by atoms with Crippen molar-refractivity contribution in [1.29, 1.82) is 0 Å². The van der Waals surface area contributed by atoms with Crippen LogP contribution in [0.5, 0.6) is 0 Å². The fraction of sp³-hybridized carbons (Fsp3) is 0.667. The second-order valence-corrected chi connectivity index (χ2v) is 1.27. The van der Waals surface area contributed by atoms with E-state index in [2.05, 4.69) is 20.7 Å². The molecule has 0 aromatic heterocycles. The molecule has 0 aromatic carbocycles. The van der Waals surface area contributed by atoms with Crippen LogP contribution >= 0.6 is 15.9 Å². The topological polar surface area (TPSA) is 26.3 Å². The first-order valence-electron chi connectivity index (χ1n) is 1.44. The molecule has 40 valence electrons. The van der Waals surface area contributed by atoms with Gasteiger partial charge in [-0.1, -0.05) is 15.9 Å². The number of halogens is 1. The van der Waals surface area contributed by atoms with Crippen LogP contribution in [0.1, 0.15) is 0 Å². The molecule has 0 atom stereocenters. The largest absolute Gasteiger partial charge is 0.468 e. The fourth-order valence-electron chi connectivity index (χ4n) is 0.0546. The molecule has 0 heterocycles. The molecule has 0 fully saturated rings. The van der Waals surface area contributed by atoms with E-state index in [0.717, 1.165) is 0 Å². The van der Waals surface area contributed by atoms with E-state index in [4.69, 9.17) is 0 Å². The van der Waals surface area contributed by atoms with Crippen molar-refractivity contribution >= 4 is 49.2 Å². The molecular formula is C3H5BrO2Pb.